The van der Waals surface area contributed by atoms with Crippen LogP contribution in [0.5, 0.6) is 5.75 Å². The fourth-order valence-corrected chi connectivity index (χ4v) is 4.35. The number of hydrogen-bond acceptors (Lipinski definition) is 6. The van der Waals surface area contributed by atoms with E-state index in [9.17, 15) is 22.8 Å². The highest BCUT2D eigenvalue weighted by molar-refractivity contribution is 7.92. The third kappa shape index (κ3) is 7.81. The standard InChI is InChI=1S/C26H35N3O6S/c1-7-18(2)27-26(32)19(3)28(16-21-10-8-13-24(14-21)35-5)25(31)17-29(36(6,33)34)23-12-9-11-22(15-23)20(4)30/h8-15,18-19H,7,16-17H2,1-6H3,(H,27,32). The average Bonchev–Trinajstić information content (AvgIpc) is 2.84. The normalized spacial score (nSPS) is 12.8. The molecule has 2 aromatic carbocycles. The van der Waals surface area contributed by atoms with Gasteiger partial charge in [0.1, 0.15) is 18.3 Å². The molecule has 0 heterocycles. The molecule has 2 rings (SSSR count). The van der Waals surface area contributed by atoms with E-state index in [0.29, 0.717) is 11.3 Å². The highest BCUT2D eigenvalue weighted by Crippen LogP contribution is 2.21. The Morgan fingerprint density at radius 2 is 1.72 bits per heavy atom. The van der Waals surface area contributed by atoms with Crippen molar-refractivity contribution in [3.05, 3.63) is 59.7 Å². The Balaban J connectivity index is 2.44. The molecular weight excluding hydrogens is 482 g/mol. The molecule has 0 radical (unpaired) electrons. The minimum Gasteiger partial charge on any atom is -0.497 e. The zero-order valence-corrected chi connectivity index (χ0v) is 22.5. The van der Waals surface area contributed by atoms with Crippen LogP contribution in [0.1, 0.15) is 50.0 Å². The third-order valence-corrected chi connectivity index (χ3v) is 7.02. The van der Waals surface area contributed by atoms with Gasteiger partial charge >= 0.3 is 0 Å². The minimum absolute atomic E-state index is 0.0657. The molecule has 0 fully saturated rings. The van der Waals surface area contributed by atoms with Crippen LogP contribution in [0.3, 0.4) is 0 Å². The predicted molar refractivity (Wildman–Crippen MR) is 140 cm³/mol. The summed E-state index contributed by atoms with van der Waals surface area (Å²) in [5, 5.41) is 2.88. The molecule has 0 aromatic heterocycles. The summed E-state index contributed by atoms with van der Waals surface area (Å²) < 4.78 is 31.6. The van der Waals surface area contributed by atoms with Crippen molar-refractivity contribution in [2.24, 2.45) is 0 Å². The molecule has 10 heteroatoms. The lowest BCUT2D eigenvalue weighted by Crippen LogP contribution is -2.52. The summed E-state index contributed by atoms with van der Waals surface area (Å²) in [5.74, 6) is -0.546. The second-order valence-corrected chi connectivity index (χ2v) is 10.6. The van der Waals surface area contributed by atoms with Gasteiger partial charge in [0.25, 0.3) is 0 Å². The average molecular weight is 518 g/mol. The number of hydrogen-bond donors (Lipinski definition) is 1. The fourth-order valence-electron chi connectivity index (χ4n) is 3.51. The first kappa shape index (κ1) is 28.8. The lowest BCUT2D eigenvalue weighted by molar-refractivity contribution is -0.139. The van der Waals surface area contributed by atoms with Crippen molar-refractivity contribution in [3.63, 3.8) is 0 Å². The van der Waals surface area contributed by atoms with Gasteiger partial charge in [0.15, 0.2) is 5.78 Å². The molecule has 196 valence electrons. The van der Waals surface area contributed by atoms with E-state index in [4.69, 9.17) is 4.74 Å². The first-order valence-corrected chi connectivity index (χ1v) is 13.5. The summed E-state index contributed by atoms with van der Waals surface area (Å²) in [6.07, 6.45) is 1.71. The van der Waals surface area contributed by atoms with Crippen LogP contribution in [0.25, 0.3) is 0 Å². The van der Waals surface area contributed by atoms with Crippen LogP contribution in [0, 0.1) is 0 Å². The summed E-state index contributed by atoms with van der Waals surface area (Å²) in [6, 6.07) is 12.2. The Hall–Kier alpha value is -3.40. The summed E-state index contributed by atoms with van der Waals surface area (Å²) >= 11 is 0. The van der Waals surface area contributed by atoms with Crippen molar-refractivity contribution in [1.29, 1.82) is 0 Å². The Bertz CT molecular complexity index is 1200. The SMILES string of the molecule is CCC(C)NC(=O)C(C)N(Cc1cccc(OC)c1)C(=O)CN(c1cccc(C(C)=O)c1)S(C)(=O)=O. The lowest BCUT2D eigenvalue weighted by atomic mass is 10.1. The van der Waals surface area contributed by atoms with E-state index in [-0.39, 0.29) is 30.0 Å². The van der Waals surface area contributed by atoms with Gasteiger partial charge in [-0.1, -0.05) is 31.2 Å². The van der Waals surface area contributed by atoms with Gasteiger partial charge in [-0.15, -0.1) is 0 Å². The molecule has 0 spiro atoms. The smallest absolute Gasteiger partial charge is 0.244 e. The molecular formula is C26H35N3O6S. The number of anilines is 1. The predicted octanol–water partition coefficient (Wildman–Crippen LogP) is 3.00. The van der Waals surface area contributed by atoms with Gasteiger partial charge in [-0.3, -0.25) is 18.7 Å². The first-order chi connectivity index (χ1) is 16.9. The van der Waals surface area contributed by atoms with Crippen LogP contribution >= 0.6 is 0 Å². The van der Waals surface area contributed by atoms with Crippen molar-refractivity contribution in [1.82, 2.24) is 10.2 Å². The van der Waals surface area contributed by atoms with E-state index in [1.54, 1.807) is 43.3 Å². The van der Waals surface area contributed by atoms with E-state index in [2.05, 4.69) is 5.32 Å². The van der Waals surface area contributed by atoms with E-state index in [0.717, 1.165) is 22.5 Å². The Labute approximate surface area is 213 Å². The number of nitrogens with one attached hydrogen (secondary N) is 1. The largest absolute Gasteiger partial charge is 0.497 e. The van der Waals surface area contributed by atoms with Gasteiger partial charge in [0, 0.05) is 18.2 Å². The maximum Gasteiger partial charge on any atom is 0.244 e. The maximum absolute atomic E-state index is 13.6. The number of amides is 2. The van der Waals surface area contributed by atoms with E-state index < -0.39 is 28.5 Å². The molecule has 1 N–H and O–H groups in total. The first-order valence-electron chi connectivity index (χ1n) is 11.7. The van der Waals surface area contributed by atoms with Crippen LogP contribution in [-0.2, 0) is 26.2 Å². The zero-order chi connectivity index (χ0) is 27.0. The molecule has 0 aliphatic rings. The second-order valence-electron chi connectivity index (χ2n) is 8.74. The number of benzene rings is 2. The van der Waals surface area contributed by atoms with Crippen LogP contribution in [0.4, 0.5) is 5.69 Å². The zero-order valence-electron chi connectivity index (χ0n) is 21.6. The molecule has 2 unspecified atom stereocenters. The maximum atomic E-state index is 13.6. The molecule has 9 nitrogen and oxygen atoms in total. The fraction of sp³-hybridized carbons (Fsp3) is 0.423. The number of carbonyl (C=O) groups excluding carboxylic acids is 3. The van der Waals surface area contributed by atoms with E-state index >= 15 is 0 Å². The number of Topliss-reactive ketones (excluding diaryl/α,β-unsaturated/α-hetero) is 1. The Morgan fingerprint density at radius 3 is 2.31 bits per heavy atom. The number of rotatable bonds is 12. The van der Waals surface area contributed by atoms with Gasteiger partial charge in [-0.05, 0) is 57.0 Å². The molecule has 0 bridgehead atoms. The van der Waals surface area contributed by atoms with Crippen molar-refractivity contribution in [2.45, 2.75) is 52.7 Å². The molecule has 2 aromatic rings. The van der Waals surface area contributed by atoms with Crippen molar-refractivity contribution >= 4 is 33.3 Å². The minimum atomic E-state index is -3.89. The molecule has 0 saturated heterocycles. The molecule has 2 atom stereocenters. The second kappa shape index (κ2) is 12.5. The van der Waals surface area contributed by atoms with E-state index in [1.807, 2.05) is 13.8 Å². The van der Waals surface area contributed by atoms with E-state index in [1.165, 1.54) is 31.1 Å². The molecule has 0 aliphatic heterocycles. The molecule has 0 aliphatic carbocycles. The van der Waals surface area contributed by atoms with Gasteiger partial charge in [0.2, 0.25) is 21.8 Å². The third-order valence-electron chi connectivity index (χ3n) is 5.88. The summed E-state index contributed by atoms with van der Waals surface area (Å²) in [6.45, 7) is 6.32. The highest BCUT2D eigenvalue weighted by atomic mass is 32.2. The summed E-state index contributed by atoms with van der Waals surface area (Å²) in [7, 11) is -2.36. The summed E-state index contributed by atoms with van der Waals surface area (Å²) in [5.41, 5.74) is 1.23. The molecule has 2 amide bonds. The number of ether oxygens (including phenoxy) is 1. The highest BCUT2D eigenvalue weighted by Gasteiger charge is 2.30. The van der Waals surface area contributed by atoms with Crippen LogP contribution in [0.2, 0.25) is 0 Å². The van der Waals surface area contributed by atoms with Crippen molar-refractivity contribution in [2.75, 3.05) is 24.2 Å². The number of methoxy groups -OCH3 is 1. The van der Waals surface area contributed by atoms with Crippen molar-refractivity contribution in [3.8, 4) is 5.75 Å². The van der Waals surface area contributed by atoms with Gasteiger partial charge < -0.3 is 15.0 Å². The van der Waals surface area contributed by atoms with Crippen molar-refractivity contribution < 1.29 is 27.5 Å². The lowest BCUT2D eigenvalue weighted by Gasteiger charge is -2.32. The Kier molecular flexibility index (Phi) is 10.0. The quantitative estimate of drug-likeness (QED) is 0.433. The number of carbonyl (C=O) groups is 3. The van der Waals surface area contributed by atoms with Crippen LogP contribution in [0.15, 0.2) is 48.5 Å². The molecule has 36 heavy (non-hydrogen) atoms. The number of nitrogens with zero attached hydrogens (tertiary/aromatic N) is 2. The van der Waals surface area contributed by atoms with Crippen LogP contribution < -0.4 is 14.4 Å². The monoisotopic (exact) mass is 517 g/mol. The van der Waals surface area contributed by atoms with Gasteiger partial charge in [-0.25, -0.2) is 8.42 Å². The Morgan fingerprint density at radius 1 is 1.06 bits per heavy atom. The number of ketones is 1. The van der Waals surface area contributed by atoms with Gasteiger partial charge in [-0.2, -0.15) is 0 Å². The number of sulfonamides is 1. The topological polar surface area (TPSA) is 113 Å². The van der Waals surface area contributed by atoms with Gasteiger partial charge in [0.05, 0.1) is 19.1 Å². The molecule has 0 saturated carbocycles. The summed E-state index contributed by atoms with van der Waals surface area (Å²) in [4.78, 5) is 39.7. The van der Waals surface area contributed by atoms with Crippen LogP contribution in [-0.4, -0.2) is 62.9 Å².